The van der Waals surface area contributed by atoms with Gasteiger partial charge in [0.2, 0.25) is 6.10 Å². The Morgan fingerprint density at radius 3 is 2.08 bits per heavy atom. The highest BCUT2D eigenvalue weighted by Gasteiger charge is 2.38. The molecule has 2 bridgehead atoms. The van der Waals surface area contributed by atoms with E-state index in [2.05, 4.69) is 90.0 Å². The zero-order valence-corrected chi connectivity index (χ0v) is 19.8. The molecule has 0 saturated carbocycles. The Morgan fingerprint density at radius 1 is 0.806 bits per heavy atom. The number of amides is 2. The molecule has 5 nitrogen and oxygen atoms in total. The monoisotopic (exact) mass is 474 g/mol. The second-order valence-corrected chi connectivity index (χ2v) is 8.50. The summed E-state index contributed by atoms with van der Waals surface area (Å²) in [5.41, 5.74) is 7.40. The highest BCUT2D eigenvalue weighted by Crippen LogP contribution is 2.34. The van der Waals surface area contributed by atoms with Crippen LogP contribution in [-0.2, 0) is 16.0 Å². The van der Waals surface area contributed by atoms with Crippen LogP contribution in [0.1, 0.15) is 5.56 Å². The number of carbonyl (C=O) groups is 2. The van der Waals surface area contributed by atoms with E-state index in [1.54, 1.807) is 0 Å². The van der Waals surface area contributed by atoms with Crippen LogP contribution >= 0.6 is 0 Å². The molecule has 1 aliphatic heterocycles. The van der Waals surface area contributed by atoms with Gasteiger partial charge in [0.25, 0.3) is 5.91 Å². The molecular formula is C31H26N2O3. The second-order valence-electron chi connectivity index (χ2n) is 8.50. The summed E-state index contributed by atoms with van der Waals surface area (Å²) in [5.74, 6) is -0.332. The third-order valence-electron chi connectivity index (χ3n) is 6.22. The summed E-state index contributed by atoms with van der Waals surface area (Å²) in [7, 11) is 0. The van der Waals surface area contributed by atoms with Crippen LogP contribution in [0.3, 0.4) is 0 Å². The van der Waals surface area contributed by atoms with Crippen LogP contribution in [0.4, 0.5) is 4.79 Å². The van der Waals surface area contributed by atoms with Crippen molar-refractivity contribution in [3.05, 3.63) is 127 Å². The Kier molecular flexibility index (Phi) is 6.63. The van der Waals surface area contributed by atoms with Crippen LogP contribution in [0.15, 0.2) is 122 Å². The quantitative estimate of drug-likeness (QED) is 0.264. The largest absolute Gasteiger partial charge is 0.431 e. The average molecular weight is 475 g/mol. The SMILES string of the molecule is C=CC1OC(=O)N(CCc2ccccc2)C1=O.c1ccc(-c2cc3ccc2n3-c2ccccc2)cc1. The van der Waals surface area contributed by atoms with Crippen molar-refractivity contribution in [3.8, 4) is 16.8 Å². The molecule has 1 saturated heterocycles. The second kappa shape index (κ2) is 10.3. The number of nitrogens with zero attached hydrogens (tertiary/aromatic N) is 2. The van der Waals surface area contributed by atoms with Crippen molar-refractivity contribution in [2.24, 2.45) is 0 Å². The van der Waals surface area contributed by atoms with E-state index in [4.69, 9.17) is 4.74 Å². The molecule has 6 rings (SSSR count). The van der Waals surface area contributed by atoms with E-state index in [0.717, 1.165) is 10.5 Å². The van der Waals surface area contributed by atoms with Gasteiger partial charge in [0, 0.05) is 23.3 Å². The van der Waals surface area contributed by atoms with Crippen LogP contribution < -0.4 is 0 Å². The van der Waals surface area contributed by atoms with Crippen molar-refractivity contribution in [2.75, 3.05) is 6.54 Å². The van der Waals surface area contributed by atoms with Crippen LogP contribution in [0.2, 0.25) is 0 Å². The molecule has 1 atom stereocenters. The number of para-hydroxylation sites is 1. The van der Waals surface area contributed by atoms with Gasteiger partial charge in [0.05, 0.1) is 5.52 Å². The number of aromatic nitrogens is 1. The lowest BCUT2D eigenvalue weighted by atomic mass is 10.1. The Labute approximate surface area is 210 Å². The highest BCUT2D eigenvalue weighted by atomic mass is 16.6. The van der Waals surface area contributed by atoms with E-state index < -0.39 is 12.2 Å². The molecule has 2 amide bonds. The Balaban J connectivity index is 0.000000149. The maximum Gasteiger partial charge on any atom is 0.417 e. The Hall–Kier alpha value is -4.64. The number of benzene rings is 4. The summed E-state index contributed by atoms with van der Waals surface area (Å²) in [6.07, 6.45) is 0.558. The summed E-state index contributed by atoms with van der Waals surface area (Å²) in [5, 5.41) is 0. The van der Waals surface area contributed by atoms with Gasteiger partial charge in [-0.3, -0.25) is 4.79 Å². The minimum Gasteiger partial charge on any atom is -0.431 e. The fraction of sp³-hybridized carbons (Fsp3) is 0.0968. The predicted molar refractivity (Wildman–Crippen MR) is 142 cm³/mol. The fourth-order valence-electron chi connectivity index (χ4n) is 4.41. The molecule has 2 aromatic heterocycles. The Bertz CT molecular complexity index is 1460. The minimum absolute atomic E-state index is 0.332. The van der Waals surface area contributed by atoms with Crippen LogP contribution in [0.5, 0.6) is 0 Å². The van der Waals surface area contributed by atoms with Crippen LogP contribution in [0.25, 0.3) is 27.8 Å². The first-order chi connectivity index (χ1) is 17.7. The van der Waals surface area contributed by atoms with Crippen molar-refractivity contribution in [2.45, 2.75) is 12.5 Å². The molecule has 1 aliphatic rings. The summed E-state index contributed by atoms with van der Waals surface area (Å²) >= 11 is 0. The first-order valence-corrected chi connectivity index (χ1v) is 11.9. The molecule has 178 valence electrons. The molecular weight excluding hydrogens is 448 g/mol. The van der Waals surface area contributed by atoms with Gasteiger partial charge in [-0.1, -0.05) is 85.4 Å². The number of cyclic esters (lactones) is 1. The fourth-order valence-corrected chi connectivity index (χ4v) is 4.41. The van der Waals surface area contributed by atoms with E-state index in [1.807, 2.05) is 30.3 Å². The molecule has 0 aliphatic carbocycles. The van der Waals surface area contributed by atoms with Crippen LogP contribution in [0, 0.1) is 0 Å². The lowest BCUT2D eigenvalue weighted by Gasteiger charge is -2.10. The number of carbonyl (C=O) groups excluding carboxylic acids is 2. The van der Waals surface area contributed by atoms with Crippen LogP contribution in [-0.4, -0.2) is 34.1 Å². The summed E-state index contributed by atoms with van der Waals surface area (Å²) < 4.78 is 7.15. The topological polar surface area (TPSA) is 51.5 Å². The first kappa shape index (κ1) is 23.1. The summed E-state index contributed by atoms with van der Waals surface area (Å²) in [6.45, 7) is 3.79. The van der Waals surface area contributed by atoms with Crippen molar-refractivity contribution in [1.29, 1.82) is 0 Å². The van der Waals surface area contributed by atoms with Gasteiger partial charge in [-0.05, 0) is 54.0 Å². The molecule has 3 heterocycles. The number of rotatable bonds is 6. The van der Waals surface area contributed by atoms with Gasteiger partial charge in [-0.2, -0.15) is 0 Å². The zero-order valence-electron chi connectivity index (χ0n) is 19.8. The molecule has 36 heavy (non-hydrogen) atoms. The molecule has 0 N–H and O–H groups in total. The molecule has 0 radical (unpaired) electrons. The lowest BCUT2D eigenvalue weighted by molar-refractivity contribution is -0.128. The summed E-state index contributed by atoms with van der Waals surface area (Å²) in [4.78, 5) is 24.2. The van der Waals surface area contributed by atoms with Gasteiger partial charge in [0.15, 0.2) is 0 Å². The predicted octanol–water partition coefficient (Wildman–Crippen LogP) is 6.50. The van der Waals surface area contributed by atoms with Gasteiger partial charge in [-0.25, -0.2) is 9.69 Å². The highest BCUT2D eigenvalue weighted by molar-refractivity contribution is 6.01. The maximum atomic E-state index is 11.7. The minimum atomic E-state index is -0.821. The number of fused-ring (bicyclic) bond motifs is 2. The van der Waals surface area contributed by atoms with Gasteiger partial charge >= 0.3 is 6.09 Å². The molecule has 3 aromatic carbocycles. The molecule has 1 unspecified atom stereocenters. The van der Waals surface area contributed by atoms with E-state index in [9.17, 15) is 9.59 Å². The third kappa shape index (κ3) is 4.64. The maximum absolute atomic E-state index is 11.7. The average Bonchev–Trinajstić information content (AvgIpc) is 3.60. The zero-order chi connectivity index (χ0) is 24.9. The molecule has 5 heteroatoms. The van der Waals surface area contributed by atoms with Crippen molar-refractivity contribution in [1.82, 2.24) is 9.47 Å². The number of imide groups is 1. The Morgan fingerprint density at radius 2 is 1.44 bits per heavy atom. The van der Waals surface area contributed by atoms with E-state index in [-0.39, 0.29) is 5.91 Å². The lowest BCUT2D eigenvalue weighted by Crippen LogP contribution is -2.32. The molecule has 5 aromatic rings. The van der Waals surface area contributed by atoms with Crippen molar-refractivity contribution >= 4 is 23.0 Å². The van der Waals surface area contributed by atoms with E-state index >= 15 is 0 Å². The van der Waals surface area contributed by atoms with Gasteiger partial charge < -0.3 is 9.30 Å². The smallest absolute Gasteiger partial charge is 0.417 e. The van der Waals surface area contributed by atoms with Gasteiger partial charge in [-0.15, -0.1) is 0 Å². The third-order valence-corrected chi connectivity index (χ3v) is 6.22. The number of ether oxygens (including phenoxy) is 1. The summed E-state index contributed by atoms with van der Waals surface area (Å²) in [6, 6.07) is 37.4. The van der Waals surface area contributed by atoms with Crippen molar-refractivity contribution in [3.63, 3.8) is 0 Å². The molecule has 0 spiro atoms. The molecule has 1 fully saturated rings. The number of hydrogen-bond donors (Lipinski definition) is 0. The van der Waals surface area contributed by atoms with Gasteiger partial charge in [0.1, 0.15) is 0 Å². The first-order valence-electron chi connectivity index (χ1n) is 11.9. The van der Waals surface area contributed by atoms with E-state index in [0.29, 0.717) is 13.0 Å². The normalized spacial score (nSPS) is 15.0. The van der Waals surface area contributed by atoms with Crippen molar-refractivity contribution < 1.29 is 14.3 Å². The standard InChI is InChI=1S/C18H13N.C13H13NO3/c1-3-7-14(8-4-1)17-13-16-11-12-18(17)19(16)15-9-5-2-6-10-15;1-2-11-12(15)14(13(16)17-11)9-8-10-6-4-3-5-7-10/h1-13H;2-7,11H,1,8-9H2. The number of hydrogen-bond acceptors (Lipinski definition) is 3. The van der Waals surface area contributed by atoms with E-state index in [1.165, 1.54) is 33.9 Å².